The number of alkyl halides is 6. The predicted octanol–water partition coefficient (Wildman–Crippen LogP) is 5.23. The largest absolute Gasteiger partial charge is 0.469 e. The number of aromatic nitrogens is 1. The van der Waals surface area contributed by atoms with E-state index in [1.807, 2.05) is 30.3 Å². The second-order valence-corrected chi connectivity index (χ2v) is 12.7. The van der Waals surface area contributed by atoms with Crippen LogP contribution >= 0.6 is 11.3 Å². The van der Waals surface area contributed by atoms with E-state index in [9.17, 15) is 45.5 Å². The van der Waals surface area contributed by atoms with E-state index in [-0.39, 0.29) is 23.5 Å². The summed E-state index contributed by atoms with van der Waals surface area (Å²) in [6.45, 7) is 5.88. The molecule has 48 heavy (non-hydrogen) atoms. The van der Waals surface area contributed by atoms with Gasteiger partial charge in [0, 0.05) is 37.9 Å². The van der Waals surface area contributed by atoms with Gasteiger partial charge in [-0.1, -0.05) is 51.1 Å². The Morgan fingerprint density at radius 3 is 2.08 bits per heavy atom. The highest BCUT2D eigenvalue weighted by atomic mass is 32.1. The number of nitrogens with two attached hydrogens (primary N) is 1. The number of benzene rings is 1. The number of hydrogen-bond donors (Lipinski definition) is 2. The number of thiazole rings is 1. The molecule has 10 nitrogen and oxygen atoms in total. The van der Waals surface area contributed by atoms with Gasteiger partial charge in [0.15, 0.2) is 12.0 Å². The van der Waals surface area contributed by atoms with Crippen molar-refractivity contribution in [3.8, 4) is 0 Å². The molecule has 1 aromatic heterocycles. The van der Waals surface area contributed by atoms with Gasteiger partial charge in [-0.25, -0.2) is 4.98 Å². The van der Waals surface area contributed by atoms with Crippen molar-refractivity contribution in [1.82, 2.24) is 15.2 Å². The van der Waals surface area contributed by atoms with E-state index in [4.69, 9.17) is 15.2 Å². The summed E-state index contributed by atoms with van der Waals surface area (Å²) in [4.78, 5) is 55.4. The van der Waals surface area contributed by atoms with Gasteiger partial charge in [-0.15, -0.1) is 11.3 Å². The molecule has 0 aliphatic rings. The summed E-state index contributed by atoms with van der Waals surface area (Å²) in [5.74, 6) is -8.68. The molecule has 2 amide bonds. The molecular weight excluding hydrogens is 670 g/mol. The van der Waals surface area contributed by atoms with Gasteiger partial charge in [0.25, 0.3) is 5.91 Å². The average molecular weight is 711 g/mol. The maximum absolute atomic E-state index is 13.3. The van der Waals surface area contributed by atoms with E-state index in [1.54, 1.807) is 20.8 Å². The zero-order valence-electron chi connectivity index (χ0n) is 27.2. The first-order valence-electron chi connectivity index (χ1n) is 14.9. The van der Waals surface area contributed by atoms with Crippen LogP contribution in [0.4, 0.5) is 26.3 Å². The van der Waals surface area contributed by atoms with Crippen LogP contribution in [0.25, 0.3) is 0 Å². The molecule has 0 aliphatic heterocycles. The van der Waals surface area contributed by atoms with E-state index in [2.05, 4.69) is 10.3 Å². The second-order valence-electron chi connectivity index (χ2n) is 11.8. The van der Waals surface area contributed by atoms with E-state index in [0.717, 1.165) is 30.9 Å². The van der Waals surface area contributed by atoms with Crippen LogP contribution in [0.2, 0.25) is 0 Å². The van der Waals surface area contributed by atoms with E-state index in [1.165, 1.54) is 12.5 Å². The standard InChI is InChI=1S/C31H40F6N4O6S/c1-16(2)22(41(5)28(44)24(38)25(30(32,33)34)31(35,36)37)14-23(47-18(4)42)27-40-21(15-48-27)26(43)39-20(12-17(3)29(45)46-6)13-19-10-8-7-9-11-19/h7-11,15-17,20,22-25H,12-14,38H2,1-6H3,(H,39,43)/t17-,20+,22?,23+,24-/m0/s1. The average Bonchev–Trinajstić information content (AvgIpc) is 3.47. The molecule has 1 aromatic carbocycles. The van der Waals surface area contributed by atoms with Gasteiger partial charge in [0.2, 0.25) is 5.91 Å². The predicted molar refractivity (Wildman–Crippen MR) is 163 cm³/mol. The van der Waals surface area contributed by atoms with E-state index >= 15 is 0 Å². The third-order valence-corrected chi connectivity index (χ3v) is 8.60. The van der Waals surface area contributed by atoms with Crippen LogP contribution < -0.4 is 11.1 Å². The quantitative estimate of drug-likeness (QED) is 0.189. The highest BCUT2D eigenvalue weighted by molar-refractivity contribution is 7.09. The molecule has 1 unspecified atom stereocenters. The third kappa shape index (κ3) is 11.5. The molecule has 1 heterocycles. The number of rotatable bonds is 15. The minimum Gasteiger partial charge on any atom is -0.469 e. The number of amides is 2. The van der Waals surface area contributed by atoms with Gasteiger partial charge in [-0.2, -0.15) is 26.3 Å². The lowest BCUT2D eigenvalue weighted by atomic mass is 9.93. The van der Waals surface area contributed by atoms with E-state index < -0.39 is 78.1 Å². The Morgan fingerprint density at radius 1 is 1.00 bits per heavy atom. The van der Waals surface area contributed by atoms with Crippen molar-refractivity contribution in [3.63, 3.8) is 0 Å². The highest BCUT2D eigenvalue weighted by Gasteiger charge is 2.61. The van der Waals surface area contributed by atoms with Crippen LogP contribution in [-0.4, -0.2) is 78.3 Å². The number of likely N-dealkylation sites (N-methyl/N-ethyl adjacent to an activating group) is 1. The minimum atomic E-state index is -5.84. The van der Waals surface area contributed by atoms with Gasteiger partial charge in [-0.05, 0) is 24.3 Å². The molecule has 0 saturated heterocycles. The first-order chi connectivity index (χ1) is 22.2. The maximum atomic E-state index is 13.3. The van der Waals surface area contributed by atoms with Gasteiger partial charge in [-0.3, -0.25) is 19.2 Å². The summed E-state index contributed by atoms with van der Waals surface area (Å²) in [5, 5.41) is 4.34. The number of halogens is 6. The Hall–Kier alpha value is -3.73. The molecule has 17 heteroatoms. The number of carbonyl (C=O) groups is 4. The minimum absolute atomic E-state index is 0.0679. The number of esters is 2. The summed E-state index contributed by atoms with van der Waals surface area (Å²) >= 11 is 0.924. The molecular formula is C31H40F6N4O6S. The summed E-state index contributed by atoms with van der Waals surface area (Å²) in [7, 11) is 2.28. The van der Waals surface area contributed by atoms with Gasteiger partial charge in [0.05, 0.1) is 13.0 Å². The molecule has 3 N–H and O–H groups in total. The van der Waals surface area contributed by atoms with Crippen molar-refractivity contribution in [1.29, 1.82) is 0 Å². The summed E-state index contributed by atoms with van der Waals surface area (Å²) in [6.07, 6.45) is -12.6. The van der Waals surface area contributed by atoms with Crippen LogP contribution in [0.3, 0.4) is 0 Å². The zero-order valence-corrected chi connectivity index (χ0v) is 28.0. The summed E-state index contributed by atoms with van der Waals surface area (Å²) < 4.78 is 90.1. The van der Waals surface area contributed by atoms with Crippen molar-refractivity contribution >= 4 is 35.1 Å². The third-order valence-electron chi connectivity index (χ3n) is 7.66. The monoisotopic (exact) mass is 710 g/mol. The van der Waals surface area contributed by atoms with Crippen molar-refractivity contribution in [3.05, 3.63) is 52.0 Å². The van der Waals surface area contributed by atoms with Crippen molar-refractivity contribution < 1.29 is 55.0 Å². The van der Waals surface area contributed by atoms with Crippen LogP contribution in [-0.2, 0) is 30.3 Å². The fourth-order valence-corrected chi connectivity index (χ4v) is 6.08. The lowest BCUT2D eigenvalue weighted by Crippen LogP contribution is -2.58. The lowest BCUT2D eigenvalue weighted by molar-refractivity contribution is -0.288. The highest BCUT2D eigenvalue weighted by Crippen LogP contribution is 2.41. The Labute approximate surface area is 278 Å². The fourth-order valence-electron chi connectivity index (χ4n) is 5.25. The second kappa shape index (κ2) is 17.1. The molecule has 0 radical (unpaired) electrons. The first-order valence-corrected chi connectivity index (χ1v) is 15.8. The molecule has 0 fully saturated rings. The van der Waals surface area contributed by atoms with Gasteiger partial charge >= 0.3 is 24.3 Å². The van der Waals surface area contributed by atoms with Gasteiger partial charge < -0.3 is 25.4 Å². The van der Waals surface area contributed by atoms with Gasteiger partial charge in [0.1, 0.15) is 16.7 Å². The zero-order chi connectivity index (χ0) is 36.6. The van der Waals surface area contributed by atoms with Crippen LogP contribution in [0, 0.1) is 17.8 Å². The van der Waals surface area contributed by atoms with Crippen LogP contribution in [0.15, 0.2) is 35.7 Å². The van der Waals surface area contributed by atoms with Crippen LogP contribution in [0.1, 0.15) is 67.7 Å². The fraction of sp³-hybridized carbons (Fsp3) is 0.581. The molecule has 2 aromatic rings. The molecule has 2 rings (SSSR count). The number of nitrogens with one attached hydrogen (secondary N) is 1. The van der Waals surface area contributed by atoms with Crippen molar-refractivity contribution in [2.45, 2.75) is 83.5 Å². The molecule has 0 spiro atoms. The maximum Gasteiger partial charge on any atom is 0.402 e. The number of carbonyl (C=O) groups excluding carboxylic acids is 4. The molecule has 0 aliphatic carbocycles. The number of methoxy groups -OCH3 is 1. The SMILES string of the molecule is COC(=O)[C@@H](C)C[C@H](Cc1ccccc1)NC(=O)c1csc([C@@H](CC(C(C)C)N(C)C(=O)[C@@H](N)C(C(F)(F)F)C(F)(F)F)OC(C)=O)n1. The Balaban J connectivity index is 2.33. The lowest BCUT2D eigenvalue weighted by Gasteiger charge is -2.36. The first kappa shape index (κ1) is 40.4. The molecule has 5 atom stereocenters. The number of ether oxygens (including phenoxy) is 2. The Kier molecular flexibility index (Phi) is 14.4. The van der Waals surface area contributed by atoms with Crippen LogP contribution in [0.5, 0.6) is 0 Å². The molecule has 268 valence electrons. The van der Waals surface area contributed by atoms with Crippen molar-refractivity contribution in [2.75, 3.05) is 14.2 Å². The van der Waals surface area contributed by atoms with E-state index in [0.29, 0.717) is 11.3 Å². The summed E-state index contributed by atoms with van der Waals surface area (Å²) in [6, 6.07) is 4.64. The summed E-state index contributed by atoms with van der Waals surface area (Å²) in [5.41, 5.74) is 6.10. The topological polar surface area (TPSA) is 141 Å². The molecule has 0 bridgehead atoms. The molecule has 0 saturated carbocycles. The number of nitrogens with zero attached hydrogens (tertiary/aromatic N) is 2. The smallest absolute Gasteiger partial charge is 0.402 e. The normalized spacial score (nSPS) is 15.3. The Morgan fingerprint density at radius 2 is 1.58 bits per heavy atom. The van der Waals surface area contributed by atoms with Crippen molar-refractivity contribution in [2.24, 2.45) is 23.5 Å². The Bertz CT molecular complexity index is 1370. The number of hydrogen-bond acceptors (Lipinski definition) is 9.